The fraction of sp³-hybridized carbons (Fsp3) is 0.643. The Kier molecular flexibility index (Phi) is 3.94. The van der Waals surface area contributed by atoms with Crippen LogP contribution in [0.3, 0.4) is 0 Å². The summed E-state index contributed by atoms with van der Waals surface area (Å²) < 4.78 is 22.9. The average molecular weight is 295 g/mol. The van der Waals surface area contributed by atoms with Gasteiger partial charge in [0.15, 0.2) is 9.84 Å². The van der Waals surface area contributed by atoms with Crippen LogP contribution in [0, 0.1) is 0 Å². The van der Waals surface area contributed by atoms with E-state index in [9.17, 15) is 8.42 Å². The van der Waals surface area contributed by atoms with Gasteiger partial charge in [0.05, 0.1) is 11.5 Å². The third-order valence-electron chi connectivity index (χ3n) is 4.17. The number of hydrogen-bond donors (Lipinski definition) is 1. The molecule has 1 N–H and O–H groups in total. The first-order valence-electron chi connectivity index (χ1n) is 7.25. The number of anilines is 1. The van der Waals surface area contributed by atoms with Crippen molar-refractivity contribution in [3.05, 3.63) is 24.4 Å². The van der Waals surface area contributed by atoms with E-state index in [1.807, 2.05) is 24.4 Å². The van der Waals surface area contributed by atoms with Crippen LogP contribution in [0.15, 0.2) is 24.4 Å². The Bertz CT molecular complexity index is 539. The SMILES string of the molecule is O=S1(=O)CCC(NC2CCN(c3ccccn3)CC2)C1. The van der Waals surface area contributed by atoms with Gasteiger partial charge < -0.3 is 10.2 Å². The maximum atomic E-state index is 11.5. The van der Waals surface area contributed by atoms with Gasteiger partial charge in [0.2, 0.25) is 0 Å². The molecule has 0 aromatic carbocycles. The first-order valence-corrected chi connectivity index (χ1v) is 9.07. The number of hydrogen-bond acceptors (Lipinski definition) is 5. The molecule has 1 unspecified atom stereocenters. The molecule has 20 heavy (non-hydrogen) atoms. The van der Waals surface area contributed by atoms with Gasteiger partial charge in [-0.1, -0.05) is 6.07 Å². The Hall–Kier alpha value is -1.14. The quantitative estimate of drug-likeness (QED) is 0.895. The molecule has 1 aromatic heterocycles. The Morgan fingerprint density at radius 2 is 1.95 bits per heavy atom. The topological polar surface area (TPSA) is 62.3 Å². The molecule has 110 valence electrons. The average Bonchev–Trinajstić information content (AvgIpc) is 2.80. The highest BCUT2D eigenvalue weighted by atomic mass is 32.2. The minimum Gasteiger partial charge on any atom is -0.357 e. The van der Waals surface area contributed by atoms with Gasteiger partial charge in [-0.05, 0) is 31.4 Å². The second-order valence-corrected chi connectivity index (χ2v) is 7.94. The van der Waals surface area contributed by atoms with Gasteiger partial charge in [-0.15, -0.1) is 0 Å². The second-order valence-electron chi connectivity index (χ2n) is 5.72. The van der Waals surface area contributed by atoms with Crippen molar-refractivity contribution in [2.45, 2.75) is 31.3 Å². The molecule has 2 aliphatic heterocycles. The maximum Gasteiger partial charge on any atom is 0.151 e. The van der Waals surface area contributed by atoms with E-state index in [0.29, 0.717) is 17.5 Å². The van der Waals surface area contributed by atoms with E-state index in [1.54, 1.807) is 0 Å². The lowest BCUT2D eigenvalue weighted by molar-refractivity contribution is 0.378. The number of pyridine rings is 1. The fourth-order valence-electron chi connectivity index (χ4n) is 3.08. The second kappa shape index (κ2) is 5.69. The van der Waals surface area contributed by atoms with E-state index in [4.69, 9.17) is 0 Å². The number of piperidine rings is 1. The minimum absolute atomic E-state index is 0.159. The normalized spacial score (nSPS) is 26.8. The van der Waals surface area contributed by atoms with Crippen molar-refractivity contribution in [1.82, 2.24) is 10.3 Å². The van der Waals surface area contributed by atoms with Gasteiger partial charge in [-0.2, -0.15) is 0 Å². The molecule has 2 fully saturated rings. The van der Waals surface area contributed by atoms with Crippen molar-refractivity contribution in [2.24, 2.45) is 0 Å². The van der Waals surface area contributed by atoms with Crippen LogP contribution >= 0.6 is 0 Å². The smallest absolute Gasteiger partial charge is 0.151 e. The summed E-state index contributed by atoms with van der Waals surface area (Å²) in [4.78, 5) is 6.67. The molecule has 5 nitrogen and oxygen atoms in total. The van der Waals surface area contributed by atoms with Crippen LogP contribution in [-0.4, -0.2) is 50.1 Å². The van der Waals surface area contributed by atoms with E-state index >= 15 is 0 Å². The first kappa shape index (κ1) is 13.8. The lowest BCUT2D eigenvalue weighted by Gasteiger charge is -2.34. The van der Waals surface area contributed by atoms with Gasteiger partial charge in [-0.25, -0.2) is 13.4 Å². The van der Waals surface area contributed by atoms with Gasteiger partial charge in [0.25, 0.3) is 0 Å². The molecule has 0 amide bonds. The summed E-state index contributed by atoms with van der Waals surface area (Å²) in [5, 5.41) is 3.52. The van der Waals surface area contributed by atoms with Crippen LogP contribution in [0.2, 0.25) is 0 Å². The van der Waals surface area contributed by atoms with Crippen LogP contribution in [0.1, 0.15) is 19.3 Å². The number of nitrogens with one attached hydrogen (secondary N) is 1. The molecule has 3 heterocycles. The van der Waals surface area contributed by atoms with Crippen LogP contribution in [-0.2, 0) is 9.84 Å². The number of rotatable bonds is 3. The van der Waals surface area contributed by atoms with Crippen molar-refractivity contribution >= 4 is 15.7 Å². The van der Waals surface area contributed by atoms with Crippen LogP contribution in [0.4, 0.5) is 5.82 Å². The van der Waals surface area contributed by atoms with Gasteiger partial charge >= 0.3 is 0 Å². The summed E-state index contributed by atoms with van der Waals surface area (Å²) in [6, 6.07) is 6.57. The number of aromatic nitrogens is 1. The molecule has 1 aromatic rings. The molecule has 0 bridgehead atoms. The van der Waals surface area contributed by atoms with Crippen LogP contribution in [0.25, 0.3) is 0 Å². The van der Waals surface area contributed by atoms with Crippen LogP contribution in [0.5, 0.6) is 0 Å². The highest BCUT2D eigenvalue weighted by Crippen LogP contribution is 2.19. The van der Waals surface area contributed by atoms with Crippen LogP contribution < -0.4 is 10.2 Å². The molecule has 3 rings (SSSR count). The predicted octanol–water partition coefficient (Wildman–Crippen LogP) is 0.827. The summed E-state index contributed by atoms with van der Waals surface area (Å²) in [6.45, 7) is 1.96. The lowest BCUT2D eigenvalue weighted by Crippen LogP contribution is -2.46. The molecule has 6 heteroatoms. The van der Waals surface area contributed by atoms with E-state index in [2.05, 4.69) is 15.2 Å². The standard InChI is InChI=1S/C14H21N3O2S/c18-20(19)10-6-13(11-20)16-12-4-8-17(9-5-12)14-3-1-2-7-15-14/h1-3,7,12-13,16H,4-6,8-11H2. The summed E-state index contributed by atoms with van der Waals surface area (Å²) in [6.07, 6.45) is 4.69. The van der Waals surface area contributed by atoms with Gasteiger partial charge in [0.1, 0.15) is 5.82 Å². The number of nitrogens with zero attached hydrogens (tertiary/aromatic N) is 2. The molecular formula is C14H21N3O2S. The third kappa shape index (κ3) is 3.30. The lowest BCUT2D eigenvalue weighted by atomic mass is 10.0. The predicted molar refractivity (Wildman–Crippen MR) is 79.7 cm³/mol. The van der Waals surface area contributed by atoms with Crippen molar-refractivity contribution in [3.8, 4) is 0 Å². The van der Waals surface area contributed by atoms with Crippen molar-refractivity contribution < 1.29 is 8.42 Å². The highest BCUT2D eigenvalue weighted by Gasteiger charge is 2.30. The van der Waals surface area contributed by atoms with Gasteiger partial charge in [-0.3, -0.25) is 0 Å². The zero-order chi connectivity index (χ0) is 14.0. The summed E-state index contributed by atoms with van der Waals surface area (Å²) in [7, 11) is -2.78. The summed E-state index contributed by atoms with van der Waals surface area (Å²) >= 11 is 0. The molecule has 0 aliphatic carbocycles. The Labute approximate surface area is 120 Å². The minimum atomic E-state index is -2.78. The first-order chi connectivity index (χ1) is 9.62. The Morgan fingerprint density at radius 1 is 1.15 bits per heavy atom. The fourth-order valence-corrected chi connectivity index (χ4v) is 4.76. The molecule has 2 aliphatic rings. The molecule has 1 atom stereocenters. The Morgan fingerprint density at radius 3 is 2.55 bits per heavy atom. The van der Waals surface area contributed by atoms with Crippen molar-refractivity contribution in [3.63, 3.8) is 0 Å². The Balaban J connectivity index is 1.50. The van der Waals surface area contributed by atoms with E-state index in [0.717, 1.165) is 38.2 Å². The largest absolute Gasteiger partial charge is 0.357 e. The molecule has 2 saturated heterocycles. The molecule has 0 spiro atoms. The van der Waals surface area contributed by atoms with Gasteiger partial charge in [0, 0.05) is 31.4 Å². The van der Waals surface area contributed by atoms with E-state index in [1.165, 1.54) is 0 Å². The zero-order valence-corrected chi connectivity index (χ0v) is 12.3. The summed E-state index contributed by atoms with van der Waals surface area (Å²) in [5.74, 6) is 1.69. The number of sulfone groups is 1. The van der Waals surface area contributed by atoms with Crippen molar-refractivity contribution in [2.75, 3.05) is 29.5 Å². The third-order valence-corrected chi connectivity index (χ3v) is 5.94. The monoisotopic (exact) mass is 295 g/mol. The molecular weight excluding hydrogens is 274 g/mol. The molecule has 0 saturated carbocycles. The van der Waals surface area contributed by atoms with E-state index in [-0.39, 0.29) is 6.04 Å². The molecule has 0 radical (unpaired) electrons. The summed E-state index contributed by atoms with van der Waals surface area (Å²) in [5.41, 5.74) is 0. The maximum absolute atomic E-state index is 11.5. The highest BCUT2D eigenvalue weighted by molar-refractivity contribution is 7.91. The van der Waals surface area contributed by atoms with E-state index < -0.39 is 9.84 Å². The zero-order valence-electron chi connectivity index (χ0n) is 11.5. The van der Waals surface area contributed by atoms with Crippen molar-refractivity contribution in [1.29, 1.82) is 0 Å².